The van der Waals surface area contributed by atoms with Crippen molar-refractivity contribution in [3.8, 4) is 6.07 Å². The molecule has 0 radical (unpaired) electrons. The number of nitrogens with one attached hydrogen (secondary N) is 1. The molecule has 5 heteroatoms. The maximum atomic E-state index is 9.40. The number of benzene rings is 1. The number of hydrogen-bond acceptors (Lipinski definition) is 4. The fourth-order valence-corrected chi connectivity index (χ4v) is 3.24. The predicted molar refractivity (Wildman–Crippen MR) is 93.8 cm³/mol. The van der Waals surface area contributed by atoms with Crippen LogP contribution in [0.2, 0.25) is 0 Å². The van der Waals surface area contributed by atoms with Crippen LogP contribution in [0.1, 0.15) is 41.7 Å². The zero-order chi connectivity index (χ0) is 16.7. The van der Waals surface area contributed by atoms with Crippen molar-refractivity contribution in [1.29, 1.82) is 5.26 Å². The highest BCUT2D eigenvalue weighted by atomic mass is 15.2. The van der Waals surface area contributed by atoms with Gasteiger partial charge in [0.05, 0.1) is 34.5 Å². The molecular formula is C19H19N5. The first-order valence-electron chi connectivity index (χ1n) is 8.25. The summed E-state index contributed by atoms with van der Waals surface area (Å²) in [6.07, 6.45) is 2.43. The lowest BCUT2D eigenvalue weighted by Gasteiger charge is -2.12. The molecule has 0 saturated heterocycles. The van der Waals surface area contributed by atoms with Crippen LogP contribution in [0, 0.1) is 25.2 Å². The normalized spacial score (nSPS) is 13.9. The number of aryl methyl sites for hydroxylation is 2. The van der Waals surface area contributed by atoms with E-state index in [0.717, 1.165) is 28.4 Å². The lowest BCUT2D eigenvalue weighted by Crippen LogP contribution is -2.10. The zero-order valence-electron chi connectivity index (χ0n) is 13.9. The van der Waals surface area contributed by atoms with E-state index in [-0.39, 0.29) is 0 Å². The number of para-hydroxylation sites is 2. The van der Waals surface area contributed by atoms with Crippen molar-refractivity contribution in [2.24, 2.45) is 0 Å². The number of rotatable bonds is 4. The molecule has 24 heavy (non-hydrogen) atoms. The molecule has 5 nitrogen and oxygen atoms in total. The zero-order valence-corrected chi connectivity index (χ0v) is 13.9. The Bertz CT molecular complexity index is 960. The van der Waals surface area contributed by atoms with Crippen molar-refractivity contribution in [3.63, 3.8) is 0 Å². The number of aromatic nitrogens is 3. The molecule has 1 aliphatic carbocycles. The molecule has 3 aromatic rings. The van der Waals surface area contributed by atoms with Gasteiger partial charge in [0, 0.05) is 11.7 Å². The molecule has 0 spiro atoms. The summed E-state index contributed by atoms with van der Waals surface area (Å²) >= 11 is 0. The average molecular weight is 317 g/mol. The van der Waals surface area contributed by atoms with E-state index in [1.54, 1.807) is 0 Å². The Morgan fingerprint density at radius 1 is 1.25 bits per heavy atom. The highest BCUT2D eigenvalue weighted by Crippen LogP contribution is 2.38. The largest absolute Gasteiger partial charge is 0.377 e. The first-order chi connectivity index (χ1) is 11.7. The molecule has 2 heterocycles. The molecule has 1 aliphatic rings. The number of imidazole rings is 1. The van der Waals surface area contributed by atoms with Gasteiger partial charge in [0.25, 0.3) is 0 Å². The predicted octanol–water partition coefficient (Wildman–Crippen LogP) is 3.87. The second-order valence-corrected chi connectivity index (χ2v) is 6.35. The van der Waals surface area contributed by atoms with Gasteiger partial charge in [-0.2, -0.15) is 5.26 Å². The minimum atomic E-state index is 0.561. The minimum absolute atomic E-state index is 0.561. The van der Waals surface area contributed by atoms with Gasteiger partial charge < -0.3 is 9.88 Å². The maximum Gasteiger partial charge on any atom is 0.129 e. The van der Waals surface area contributed by atoms with Gasteiger partial charge in [0.2, 0.25) is 0 Å². The number of nitriles is 1. The molecule has 120 valence electrons. The quantitative estimate of drug-likeness (QED) is 0.793. The van der Waals surface area contributed by atoms with Gasteiger partial charge in [0.15, 0.2) is 0 Å². The van der Waals surface area contributed by atoms with Gasteiger partial charge in [-0.25, -0.2) is 4.98 Å². The monoisotopic (exact) mass is 317 g/mol. The van der Waals surface area contributed by atoms with Crippen molar-refractivity contribution in [1.82, 2.24) is 14.5 Å². The molecule has 0 amide bonds. The van der Waals surface area contributed by atoms with Crippen molar-refractivity contribution in [2.45, 2.75) is 39.3 Å². The van der Waals surface area contributed by atoms with Gasteiger partial charge >= 0.3 is 0 Å². The second-order valence-electron chi connectivity index (χ2n) is 6.35. The molecule has 0 aliphatic heterocycles. The summed E-state index contributed by atoms with van der Waals surface area (Å²) < 4.78 is 2.34. The van der Waals surface area contributed by atoms with Crippen LogP contribution in [0.25, 0.3) is 11.0 Å². The number of pyridine rings is 1. The Kier molecular flexibility index (Phi) is 3.46. The third-order valence-electron chi connectivity index (χ3n) is 4.46. The standard InChI is InChI=1S/C19H19N5/c1-12-9-17(15(10-20)13(2)22-12)21-11-19-23-16-5-3-4-6-18(16)24(19)14-7-8-14/h3-6,9,14H,7-8,11H2,1-2H3,(H,21,22). The van der Waals surface area contributed by atoms with Crippen LogP contribution < -0.4 is 5.32 Å². The molecule has 4 rings (SSSR count). The minimum Gasteiger partial charge on any atom is -0.377 e. The van der Waals surface area contributed by atoms with Crippen LogP contribution in [-0.2, 0) is 6.54 Å². The Morgan fingerprint density at radius 3 is 2.79 bits per heavy atom. The van der Waals surface area contributed by atoms with Crippen LogP contribution in [-0.4, -0.2) is 14.5 Å². The summed E-state index contributed by atoms with van der Waals surface area (Å²) in [4.78, 5) is 9.16. The second kappa shape index (κ2) is 5.64. The van der Waals surface area contributed by atoms with Gasteiger partial charge in [-0.15, -0.1) is 0 Å². The summed E-state index contributed by atoms with van der Waals surface area (Å²) in [6, 6.07) is 13.0. The SMILES string of the molecule is Cc1cc(NCc2nc3ccccc3n2C2CC2)c(C#N)c(C)n1. The van der Waals surface area contributed by atoms with E-state index < -0.39 is 0 Å². The van der Waals surface area contributed by atoms with Crippen molar-refractivity contribution in [2.75, 3.05) is 5.32 Å². The smallest absolute Gasteiger partial charge is 0.129 e. The van der Waals surface area contributed by atoms with E-state index in [2.05, 4.69) is 39.1 Å². The molecule has 0 atom stereocenters. The highest BCUT2D eigenvalue weighted by molar-refractivity contribution is 5.76. The Hall–Kier alpha value is -2.87. The fraction of sp³-hybridized carbons (Fsp3) is 0.316. The number of hydrogen-bond donors (Lipinski definition) is 1. The third kappa shape index (κ3) is 2.50. The van der Waals surface area contributed by atoms with E-state index in [4.69, 9.17) is 4.98 Å². The fourth-order valence-electron chi connectivity index (χ4n) is 3.24. The first kappa shape index (κ1) is 14.7. The third-order valence-corrected chi connectivity index (χ3v) is 4.46. The lowest BCUT2D eigenvalue weighted by molar-refractivity contribution is 0.711. The molecule has 1 saturated carbocycles. The van der Waals surface area contributed by atoms with Crippen LogP contribution in [0.3, 0.4) is 0 Å². The van der Waals surface area contributed by atoms with Crippen molar-refractivity contribution >= 4 is 16.7 Å². The summed E-state index contributed by atoms with van der Waals surface area (Å²) in [6.45, 7) is 4.41. The van der Waals surface area contributed by atoms with Gasteiger partial charge in [-0.1, -0.05) is 12.1 Å². The summed E-state index contributed by atoms with van der Waals surface area (Å²) in [5, 5.41) is 12.8. The summed E-state index contributed by atoms with van der Waals surface area (Å²) in [5.41, 5.74) is 5.33. The Balaban J connectivity index is 1.69. The molecular weight excluding hydrogens is 298 g/mol. The maximum absolute atomic E-state index is 9.40. The first-order valence-corrected chi connectivity index (χ1v) is 8.25. The van der Waals surface area contributed by atoms with Gasteiger partial charge in [0.1, 0.15) is 11.9 Å². The molecule has 0 unspecified atom stereocenters. The Morgan fingerprint density at radius 2 is 2.04 bits per heavy atom. The summed E-state index contributed by atoms with van der Waals surface area (Å²) in [5.74, 6) is 1.02. The topological polar surface area (TPSA) is 66.5 Å². The highest BCUT2D eigenvalue weighted by Gasteiger charge is 2.28. The van der Waals surface area contributed by atoms with E-state index in [1.165, 1.54) is 18.4 Å². The van der Waals surface area contributed by atoms with E-state index >= 15 is 0 Å². The Labute approximate surface area is 141 Å². The van der Waals surface area contributed by atoms with E-state index in [9.17, 15) is 5.26 Å². The van der Waals surface area contributed by atoms with E-state index in [0.29, 0.717) is 18.2 Å². The van der Waals surface area contributed by atoms with Gasteiger partial charge in [-0.3, -0.25) is 4.98 Å². The molecule has 0 bridgehead atoms. The average Bonchev–Trinajstić information content (AvgIpc) is 3.33. The van der Waals surface area contributed by atoms with Crippen LogP contribution in [0.4, 0.5) is 5.69 Å². The molecule has 1 N–H and O–H groups in total. The van der Waals surface area contributed by atoms with Crippen molar-refractivity contribution < 1.29 is 0 Å². The molecule has 2 aromatic heterocycles. The number of nitrogens with zero attached hydrogens (tertiary/aromatic N) is 4. The molecule has 1 fully saturated rings. The van der Waals surface area contributed by atoms with Crippen LogP contribution >= 0.6 is 0 Å². The number of fused-ring (bicyclic) bond motifs is 1. The van der Waals surface area contributed by atoms with Crippen LogP contribution in [0.15, 0.2) is 30.3 Å². The van der Waals surface area contributed by atoms with Crippen LogP contribution in [0.5, 0.6) is 0 Å². The van der Waals surface area contributed by atoms with E-state index in [1.807, 2.05) is 26.0 Å². The summed E-state index contributed by atoms with van der Waals surface area (Å²) in [7, 11) is 0. The van der Waals surface area contributed by atoms with Crippen molar-refractivity contribution in [3.05, 3.63) is 53.1 Å². The molecule has 1 aromatic carbocycles. The van der Waals surface area contributed by atoms with Gasteiger partial charge in [-0.05, 0) is 44.9 Å². The lowest BCUT2D eigenvalue weighted by atomic mass is 10.1. The number of anilines is 1.